The highest BCUT2D eigenvalue weighted by molar-refractivity contribution is 5.98. The van der Waals surface area contributed by atoms with E-state index in [2.05, 4.69) is 10.6 Å². The zero-order chi connectivity index (χ0) is 26.6. The first-order chi connectivity index (χ1) is 16.0. The Bertz CT molecular complexity index is 968. The van der Waals surface area contributed by atoms with E-state index in [0.717, 1.165) is 0 Å². The van der Waals surface area contributed by atoms with Crippen LogP contribution in [0.4, 0.5) is 13.2 Å². The summed E-state index contributed by atoms with van der Waals surface area (Å²) < 4.78 is 38.9. The molecule has 194 valence electrons. The van der Waals surface area contributed by atoms with Crippen LogP contribution in [0, 0.1) is 34.0 Å². The molecular formula is C23H32F3N5O4. The number of nitrogens with zero attached hydrogens (tertiary/aromatic N) is 2. The molecule has 4 aliphatic rings. The number of carbonyl (C=O) groups excluding carboxylic acids is 4. The number of hydrogen-bond donors (Lipinski definition) is 3. The van der Waals surface area contributed by atoms with Gasteiger partial charge >= 0.3 is 12.1 Å². The van der Waals surface area contributed by atoms with E-state index in [4.69, 9.17) is 0 Å². The van der Waals surface area contributed by atoms with Crippen molar-refractivity contribution in [3.8, 4) is 6.07 Å². The fourth-order valence-electron chi connectivity index (χ4n) is 5.59. The molecule has 3 aliphatic heterocycles. The Balaban J connectivity index is 1.86. The lowest BCUT2D eigenvalue weighted by Crippen LogP contribution is -2.71. The average molecular weight is 500 g/mol. The quantitative estimate of drug-likeness (QED) is 0.506. The Labute approximate surface area is 202 Å². The van der Waals surface area contributed by atoms with Crippen LogP contribution in [-0.2, 0) is 19.2 Å². The number of nitrogens with one attached hydrogen (secondary N) is 3. The van der Waals surface area contributed by atoms with Crippen LogP contribution in [0.1, 0.15) is 53.9 Å². The van der Waals surface area contributed by atoms with Crippen LogP contribution in [-0.4, -0.2) is 65.4 Å². The third kappa shape index (κ3) is 4.45. The van der Waals surface area contributed by atoms with E-state index in [1.54, 1.807) is 13.8 Å². The highest BCUT2D eigenvalue weighted by Gasteiger charge is 2.74. The molecule has 0 radical (unpaired) electrons. The number of fused-ring (bicyclic) bond motifs is 1. The van der Waals surface area contributed by atoms with Crippen molar-refractivity contribution >= 4 is 23.6 Å². The van der Waals surface area contributed by atoms with Crippen LogP contribution in [0.3, 0.4) is 0 Å². The fraction of sp³-hybridized carbons (Fsp3) is 0.783. The minimum atomic E-state index is -5.17. The second kappa shape index (κ2) is 8.68. The van der Waals surface area contributed by atoms with E-state index in [0.29, 0.717) is 19.4 Å². The zero-order valence-corrected chi connectivity index (χ0v) is 20.5. The van der Waals surface area contributed by atoms with E-state index < -0.39 is 58.3 Å². The highest BCUT2D eigenvalue weighted by Crippen LogP contribution is 2.64. The summed E-state index contributed by atoms with van der Waals surface area (Å²) in [6, 6.07) is -0.491. The van der Waals surface area contributed by atoms with Crippen LogP contribution in [0.15, 0.2) is 0 Å². The molecule has 0 aromatic carbocycles. The topological polar surface area (TPSA) is 131 Å². The van der Waals surface area contributed by atoms with Crippen molar-refractivity contribution < 1.29 is 32.3 Å². The summed E-state index contributed by atoms with van der Waals surface area (Å²) in [5, 5.41) is 16.8. The number of rotatable bonds is 6. The summed E-state index contributed by atoms with van der Waals surface area (Å²) in [4.78, 5) is 52.1. The van der Waals surface area contributed by atoms with Crippen molar-refractivity contribution in [2.75, 3.05) is 13.1 Å². The SMILES string of the molecule is CC(C)(C)[C@H](NC(=O)C(F)(F)F)C(=O)N1C[C@H]2C[C@@]1(C(=O)N[C@H](C#N)C[C@@H]1CCNC1=O)C2(C)C. The first-order valence-corrected chi connectivity index (χ1v) is 11.6. The van der Waals surface area contributed by atoms with Gasteiger partial charge in [-0.1, -0.05) is 34.6 Å². The van der Waals surface area contributed by atoms with Gasteiger partial charge in [0.2, 0.25) is 17.7 Å². The number of nitriles is 1. The van der Waals surface area contributed by atoms with Crippen molar-refractivity contribution in [1.29, 1.82) is 5.26 Å². The van der Waals surface area contributed by atoms with E-state index >= 15 is 0 Å². The number of hydrogen-bond acceptors (Lipinski definition) is 5. The monoisotopic (exact) mass is 499 g/mol. The first kappa shape index (κ1) is 26.8. The molecule has 1 aliphatic carbocycles. The summed E-state index contributed by atoms with van der Waals surface area (Å²) in [7, 11) is 0. The molecule has 0 aromatic rings. The predicted octanol–water partition coefficient (Wildman–Crippen LogP) is 1.24. The van der Waals surface area contributed by atoms with Gasteiger partial charge in [0.1, 0.15) is 17.6 Å². The Morgan fingerprint density at radius 3 is 2.31 bits per heavy atom. The van der Waals surface area contributed by atoms with Gasteiger partial charge in [-0.15, -0.1) is 0 Å². The maximum absolute atomic E-state index is 13.6. The molecule has 3 heterocycles. The molecule has 3 saturated heterocycles. The smallest absolute Gasteiger partial charge is 0.356 e. The minimum Gasteiger partial charge on any atom is -0.356 e. The minimum absolute atomic E-state index is 0.0720. The third-order valence-corrected chi connectivity index (χ3v) is 7.92. The van der Waals surface area contributed by atoms with Crippen molar-refractivity contribution in [3.63, 3.8) is 0 Å². The summed E-state index contributed by atoms with van der Waals surface area (Å²) in [5.41, 5.74) is -3.15. The van der Waals surface area contributed by atoms with Crippen LogP contribution < -0.4 is 16.0 Å². The zero-order valence-electron chi connectivity index (χ0n) is 20.5. The molecule has 4 amide bonds. The molecule has 5 atom stereocenters. The van der Waals surface area contributed by atoms with E-state index in [1.807, 2.05) is 11.4 Å². The Morgan fingerprint density at radius 2 is 1.86 bits per heavy atom. The molecule has 35 heavy (non-hydrogen) atoms. The van der Waals surface area contributed by atoms with Crippen molar-refractivity contribution in [2.24, 2.45) is 22.7 Å². The molecular weight excluding hydrogens is 467 g/mol. The van der Waals surface area contributed by atoms with E-state index in [1.165, 1.54) is 25.7 Å². The maximum Gasteiger partial charge on any atom is 0.471 e. The van der Waals surface area contributed by atoms with Gasteiger partial charge in [0.15, 0.2) is 0 Å². The molecule has 12 heteroatoms. The van der Waals surface area contributed by atoms with Crippen LogP contribution in [0.25, 0.3) is 0 Å². The molecule has 3 N–H and O–H groups in total. The number of alkyl halides is 3. The van der Waals surface area contributed by atoms with Gasteiger partial charge in [-0.3, -0.25) is 19.2 Å². The lowest BCUT2D eigenvalue weighted by molar-refractivity contribution is -0.177. The summed E-state index contributed by atoms with van der Waals surface area (Å²) in [5.74, 6) is -4.25. The largest absolute Gasteiger partial charge is 0.471 e. The molecule has 0 spiro atoms. The third-order valence-electron chi connectivity index (χ3n) is 7.92. The lowest BCUT2D eigenvalue weighted by Gasteiger charge is -2.55. The van der Waals surface area contributed by atoms with Crippen LogP contribution in [0.5, 0.6) is 0 Å². The van der Waals surface area contributed by atoms with Gasteiger partial charge in [-0.25, -0.2) is 0 Å². The van der Waals surface area contributed by atoms with E-state index in [-0.39, 0.29) is 24.8 Å². The molecule has 1 saturated carbocycles. The molecule has 0 unspecified atom stereocenters. The first-order valence-electron chi connectivity index (χ1n) is 11.6. The van der Waals surface area contributed by atoms with Crippen molar-refractivity contribution in [1.82, 2.24) is 20.9 Å². The number of carbonyl (C=O) groups is 4. The summed E-state index contributed by atoms with van der Waals surface area (Å²) >= 11 is 0. The summed E-state index contributed by atoms with van der Waals surface area (Å²) in [6.45, 7) is 8.85. The van der Waals surface area contributed by atoms with E-state index in [9.17, 15) is 37.6 Å². The standard InChI is InChI=1S/C23H32F3N5O4/c1-20(2,3)15(30-19(35)23(24,25)26)17(33)31-11-13-9-22(31,21(13,4)5)18(34)29-14(10-27)8-12-6-7-28-16(12)32/h12-15H,6-9,11H2,1-5H3,(H,28,32)(H,29,34)(H,30,35)/t12-,13+,14-,15+,22+/m0/s1. The van der Waals surface area contributed by atoms with Gasteiger partial charge < -0.3 is 20.9 Å². The Morgan fingerprint density at radius 1 is 1.23 bits per heavy atom. The van der Waals surface area contributed by atoms with Crippen LogP contribution >= 0.6 is 0 Å². The number of amides is 4. The van der Waals surface area contributed by atoms with Gasteiger partial charge in [0, 0.05) is 24.4 Å². The predicted molar refractivity (Wildman–Crippen MR) is 117 cm³/mol. The lowest BCUT2D eigenvalue weighted by atomic mass is 9.52. The van der Waals surface area contributed by atoms with Crippen molar-refractivity contribution in [2.45, 2.75) is 77.7 Å². The number of halogens is 3. The van der Waals surface area contributed by atoms with Gasteiger partial charge in [0.25, 0.3) is 0 Å². The molecule has 4 fully saturated rings. The normalized spacial score (nSPS) is 28.9. The Kier molecular flexibility index (Phi) is 6.63. The highest BCUT2D eigenvalue weighted by atomic mass is 19.4. The van der Waals surface area contributed by atoms with Gasteiger partial charge in [0.05, 0.1) is 6.07 Å². The molecule has 9 nitrogen and oxygen atoms in total. The molecule has 0 aromatic heterocycles. The van der Waals surface area contributed by atoms with Crippen LogP contribution in [0.2, 0.25) is 0 Å². The second-order valence-electron chi connectivity index (χ2n) is 11.4. The molecule has 4 rings (SSSR count). The summed E-state index contributed by atoms with van der Waals surface area (Å²) in [6.07, 6.45) is -4.21. The maximum atomic E-state index is 13.6. The van der Waals surface area contributed by atoms with Crippen molar-refractivity contribution in [3.05, 3.63) is 0 Å². The van der Waals surface area contributed by atoms with Gasteiger partial charge in [-0.05, 0) is 30.6 Å². The average Bonchev–Trinajstić information content (AvgIpc) is 3.40. The van der Waals surface area contributed by atoms with Gasteiger partial charge in [-0.2, -0.15) is 18.4 Å². The second-order valence-corrected chi connectivity index (χ2v) is 11.4. The Hall–Kier alpha value is -2.84. The fourth-order valence-corrected chi connectivity index (χ4v) is 5.59. The molecule has 2 bridgehead atoms.